The lowest BCUT2D eigenvalue weighted by Gasteiger charge is -2.20. The fraction of sp³-hybridized carbons (Fsp3) is 0.500. The zero-order valence-corrected chi connectivity index (χ0v) is 15.2. The molecule has 8 heteroatoms. The van der Waals surface area contributed by atoms with Gasteiger partial charge in [0.05, 0.1) is 0 Å². The Morgan fingerprint density at radius 1 is 1.17 bits per heavy atom. The summed E-state index contributed by atoms with van der Waals surface area (Å²) >= 11 is 0. The Morgan fingerprint density at radius 3 is 2.21 bits per heavy atom. The SMILES string of the molecule is CCN(CC)S(=O)(=O)CC(=O)NC(C(=O)O)c1ccc(C)c(C)c1. The molecule has 0 saturated heterocycles. The van der Waals surface area contributed by atoms with E-state index in [1.165, 1.54) is 4.31 Å². The van der Waals surface area contributed by atoms with Crippen molar-refractivity contribution >= 4 is 21.9 Å². The van der Waals surface area contributed by atoms with Crippen molar-refractivity contribution in [2.24, 2.45) is 0 Å². The smallest absolute Gasteiger partial charge is 0.330 e. The Kier molecular flexibility index (Phi) is 6.92. The molecule has 0 fully saturated rings. The maximum absolute atomic E-state index is 12.1. The van der Waals surface area contributed by atoms with E-state index in [2.05, 4.69) is 5.32 Å². The third-order valence-electron chi connectivity index (χ3n) is 3.83. The normalized spacial score (nSPS) is 12.9. The zero-order valence-electron chi connectivity index (χ0n) is 14.4. The van der Waals surface area contributed by atoms with Crippen LogP contribution in [-0.2, 0) is 19.6 Å². The van der Waals surface area contributed by atoms with Crippen LogP contribution >= 0.6 is 0 Å². The number of hydrogen-bond donors (Lipinski definition) is 2. The predicted octanol–water partition coefficient (Wildman–Crippen LogP) is 1.22. The van der Waals surface area contributed by atoms with Crippen molar-refractivity contribution in [3.05, 3.63) is 34.9 Å². The van der Waals surface area contributed by atoms with E-state index in [1.54, 1.807) is 32.0 Å². The second-order valence-corrected chi connectivity index (χ2v) is 7.49. The topological polar surface area (TPSA) is 104 Å². The molecule has 1 aromatic carbocycles. The van der Waals surface area contributed by atoms with Gasteiger partial charge in [0.15, 0.2) is 6.04 Å². The molecule has 2 N–H and O–H groups in total. The summed E-state index contributed by atoms with van der Waals surface area (Å²) in [5.41, 5.74) is 2.29. The summed E-state index contributed by atoms with van der Waals surface area (Å²) < 4.78 is 25.4. The van der Waals surface area contributed by atoms with E-state index in [4.69, 9.17) is 0 Å². The molecule has 1 rings (SSSR count). The summed E-state index contributed by atoms with van der Waals surface area (Å²) in [7, 11) is -3.76. The lowest BCUT2D eigenvalue weighted by molar-refractivity contribution is -0.141. The number of carboxylic acids is 1. The quantitative estimate of drug-likeness (QED) is 0.729. The van der Waals surface area contributed by atoms with E-state index < -0.39 is 33.7 Å². The van der Waals surface area contributed by atoms with Gasteiger partial charge in [-0.1, -0.05) is 32.0 Å². The van der Waals surface area contributed by atoms with Gasteiger partial charge in [-0.25, -0.2) is 17.5 Å². The van der Waals surface area contributed by atoms with Gasteiger partial charge in [-0.3, -0.25) is 4.79 Å². The molecule has 1 aromatic rings. The summed E-state index contributed by atoms with van der Waals surface area (Å²) in [6, 6.07) is 3.76. The van der Waals surface area contributed by atoms with Gasteiger partial charge in [-0.15, -0.1) is 0 Å². The molecular weight excluding hydrogens is 332 g/mol. The van der Waals surface area contributed by atoms with Crippen LogP contribution in [0.15, 0.2) is 18.2 Å². The van der Waals surface area contributed by atoms with Crippen LogP contribution in [0.4, 0.5) is 0 Å². The van der Waals surface area contributed by atoms with E-state index in [0.717, 1.165) is 11.1 Å². The van der Waals surface area contributed by atoms with Crippen LogP contribution in [0.1, 0.15) is 36.6 Å². The molecule has 7 nitrogen and oxygen atoms in total. The van der Waals surface area contributed by atoms with Crippen LogP contribution in [0.2, 0.25) is 0 Å². The van der Waals surface area contributed by atoms with Gasteiger partial charge in [0, 0.05) is 13.1 Å². The Morgan fingerprint density at radius 2 is 1.75 bits per heavy atom. The van der Waals surface area contributed by atoms with E-state index in [9.17, 15) is 23.1 Å². The van der Waals surface area contributed by atoms with Crippen LogP contribution < -0.4 is 5.32 Å². The molecule has 0 saturated carbocycles. The highest BCUT2D eigenvalue weighted by Gasteiger charge is 2.27. The molecule has 0 aliphatic carbocycles. The number of amides is 1. The molecule has 24 heavy (non-hydrogen) atoms. The van der Waals surface area contributed by atoms with Crippen LogP contribution in [0, 0.1) is 13.8 Å². The van der Waals surface area contributed by atoms with Crippen molar-refractivity contribution in [3.8, 4) is 0 Å². The lowest BCUT2D eigenvalue weighted by atomic mass is 10.0. The van der Waals surface area contributed by atoms with E-state index in [-0.39, 0.29) is 13.1 Å². The number of nitrogens with zero attached hydrogens (tertiary/aromatic N) is 1. The number of carbonyl (C=O) groups excluding carboxylic acids is 1. The van der Waals surface area contributed by atoms with E-state index >= 15 is 0 Å². The number of nitrogens with one attached hydrogen (secondary N) is 1. The first-order valence-electron chi connectivity index (χ1n) is 7.69. The van der Waals surface area contributed by atoms with Crippen molar-refractivity contribution in [1.82, 2.24) is 9.62 Å². The third kappa shape index (κ3) is 5.04. The van der Waals surface area contributed by atoms with Gasteiger partial charge in [0.1, 0.15) is 5.75 Å². The second-order valence-electron chi connectivity index (χ2n) is 5.52. The van der Waals surface area contributed by atoms with Gasteiger partial charge in [0.25, 0.3) is 0 Å². The number of aliphatic carboxylic acids is 1. The molecule has 1 unspecified atom stereocenters. The van der Waals surface area contributed by atoms with Gasteiger partial charge < -0.3 is 10.4 Å². The van der Waals surface area contributed by atoms with Crippen molar-refractivity contribution in [3.63, 3.8) is 0 Å². The maximum atomic E-state index is 12.1. The Hall–Kier alpha value is -1.93. The molecule has 0 aromatic heterocycles. The molecule has 134 valence electrons. The maximum Gasteiger partial charge on any atom is 0.330 e. The summed E-state index contributed by atoms with van der Waals surface area (Å²) in [6.45, 7) is 7.59. The average Bonchev–Trinajstić information content (AvgIpc) is 2.48. The summed E-state index contributed by atoms with van der Waals surface area (Å²) in [5, 5.41) is 11.7. The highest BCUT2D eigenvalue weighted by Crippen LogP contribution is 2.18. The fourth-order valence-electron chi connectivity index (χ4n) is 2.31. The molecule has 0 spiro atoms. The fourth-order valence-corrected chi connectivity index (χ4v) is 3.69. The van der Waals surface area contributed by atoms with Crippen molar-refractivity contribution in [2.45, 2.75) is 33.7 Å². The van der Waals surface area contributed by atoms with Crippen molar-refractivity contribution in [1.29, 1.82) is 0 Å². The molecular formula is C16H24N2O5S. The van der Waals surface area contributed by atoms with Gasteiger partial charge >= 0.3 is 5.97 Å². The lowest BCUT2D eigenvalue weighted by Crippen LogP contribution is -2.42. The third-order valence-corrected chi connectivity index (χ3v) is 5.76. The summed E-state index contributed by atoms with van der Waals surface area (Å²) in [4.78, 5) is 23.5. The Labute approximate surface area is 142 Å². The van der Waals surface area contributed by atoms with E-state index in [1.807, 2.05) is 13.8 Å². The highest BCUT2D eigenvalue weighted by atomic mass is 32.2. The first-order chi connectivity index (χ1) is 11.1. The van der Waals surface area contributed by atoms with Gasteiger partial charge in [0.2, 0.25) is 15.9 Å². The van der Waals surface area contributed by atoms with Crippen LogP contribution in [0.25, 0.3) is 0 Å². The monoisotopic (exact) mass is 356 g/mol. The Bertz CT molecular complexity index is 711. The second kappa shape index (κ2) is 8.25. The molecule has 0 heterocycles. The van der Waals surface area contributed by atoms with Crippen molar-refractivity contribution < 1.29 is 23.1 Å². The van der Waals surface area contributed by atoms with Crippen molar-refractivity contribution in [2.75, 3.05) is 18.8 Å². The van der Waals surface area contributed by atoms with Crippen LogP contribution in [0.3, 0.4) is 0 Å². The average molecular weight is 356 g/mol. The number of benzene rings is 1. The van der Waals surface area contributed by atoms with Gasteiger partial charge in [-0.2, -0.15) is 0 Å². The summed E-state index contributed by atoms with van der Waals surface area (Å²) in [6.07, 6.45) is 0. The van der Waals surface area contributed by atoms with E-state index in [0.29, 0.717) is 5.56 Å². The molecule has 1 atom stereocenters. The number of carbonyl (C=O) groups is 2. The molecule has 0 bridgehead atoms. The number of carboxylic acid groups (broad SMARTS) is 1. The van der Waals surface area contributed by atoms with Crippen LogP contribution in [-0.4, -0.2) is 48.5 Å². The minimum atomic E-state index is -3.76. The largest absolute Gasteiger partial charge is 0.479 e. The minimum absolute atomic E-state index is 0.256. The molecule has 0 aliphatic rings. The standard InChI is InChI=1S/C16H24N2O5S/c1-5-18(6-2)24(22,23)10-14(19)17-15(16(20)21)13-8-7-11(3)12(4)9-13/h7-9,15H,5-6,10H2,1-4H3,(H,17,19)(H,20,21). The molecule has 0 radical (unpaired) electrons. The number of aryl methyl sites for hydroxylation is 2. The predicted molar refractivity (Wildman–Crippen MR) is 91.1 cm³/mol. The molecule has 1 amide bonds. The molecule has 0 aliphatic heterocycles. The first-order valence-corrected chi connectivity index (χ1v) is 9.30. The zero-order chi connectivity index (χ0) is 18.5. The first kappa shape index (κ1) is 20.1. The highest BCUT2D eigenvalue weighted by molar-refractivity contribution is 7.89. The van der Waals surface area contributed by atoms with Crippen LogP contribution in [0.5, 0.6) is 0 Å². The van der Waals surface area contributed by atoms with Gasteiger partial charge in [-0.05, 0) is 30.5 Å². The summed E-state index contributed by atoms with van der Waals surface area (Å²) in [5.74, 6) is -2.86. The minimum Gasteiger partial charge on any atom is -0.479 e. The Balaban J connectivity index is 2.95. The number of sulfonamides is 1. The number of hydrogen-bond acceptors (Lipinski definition) is 4. The number of rotatable bonds is 8.